The first-order chi connectivity index (χ1) is 12.5. The molecule has 136 valence electrons. The quantitative estimate of drug-likeness (QED) is 0.830. The number of phenolic OH excluding ortho intramolecular Hbond substituents is 1. The smallest absolute Gasteiger partial charge is 0.254 e. The van der Waals surface area contributed by atoms with Gasteiger partial charge < -0.3 is 14.9 Å². The number of hydrogen-bond acceptors (Lipinski definition) is 3. The van der Waals surface area contributed by atoms with E-state index in [1.807, 2.05) is 18.2 Å². The van der Waals surface area contributed by atoms with Crippen LogP contribution in [0.1, 0.15) is 28.8 Å². The Bertz CT molecular complexity index is 807. The number of rotatable bonds is 4. The molecule has 0 aromatic heterocycles. The Morgan fingerprint density at radius 1 is 1.19 bits per heavy atom. The molecule has 6 heteroatoms. The first kappa shape index (κ1) is 18.5. The number of aromatic hydroxyl groups is 1. The van der Waals surface area contributed by atoms with Gasteiger partial charge in [0.15, 0.2) is 0 Å². The molecule has 1 atom stereocenters. The summed E-state index contributed by atoms with van der Waals surface area (Å²) in [5.74, 6) is -0.0538. The van der Waals surface area contributed by atoms with Gasteiger partial charge in [0.25, 0.3) is 5.91 Å². The van der Waals surface area contributed by atoms with Crippen molar-refractivity contribution in [3.63, 3.8) is 0 Å². The number of carbonyl (C=O) groups excluding carboxylic acids is 2. The van der Waals surface area contributed by atoms with Gasteiger partial charge in [-0.05, 0) is 43.2 Å². The Kier molecular flexibility index (Phi) is 5.61. The minimum atomic E-state index is -0.456. The standard InChI is InChI=1S/C20H21BrN2O3/c1-22(13-15-5-2-3-7-18(15)24)20(26)17-6-4-12-23(17)19(25)14-8-10-16(21)11-9-14/h2-3,5,7-11,17,24H,4,6,12-13H2,1H3. The zero-order chi connectivity index (χ0) is 18.7. The zero-order valence-electron chi connectivity index (χ0n) is 14.6. The molecule has 1 aliphatic heterocycles. The highest BCUT2D eigenvalue weighted by Crippen LogP contribution is 2.24. The highest BCUT2D eigenvalue weighted by Gasteiger charge is 2.36. The van der Waals surface area contributed by atoms with Gasteiger partial charge >= 0.3 is 0 Å². The van der Waals surface area contributed by atoms with Crippen LogP contribution in [0.5, 0.6) is 5.75 Å². The molecular weight excluding hydrogens is 396 g/mol. The van der Waals surface area contributed by atoms with Crippen molar-refractivity contribution in [3.05, 3.63) is 64.1 Å². The summed E-state index contributed by atoms with van der Waals surface area (Å²) in [4.78, 5) is 28.9. The second-order valence-corrected chi connectivity index (χ2v) is 7.40. The van der Waals surface area contributed by atoms with E-state index < -0.39 is 6.04 Å². The lowest BCUT2D eigenvalue weighted by molar-refractivity contribution is -0.134. The van der Waals surface area contributed by atoms with Crippen molar-refractivity contribution in [1.82, 2.24) is 9.80 Å². The van der Waals surface area contributed by atoms with Crippen LogP contribution in [0.3, 0.4) is 0 Å². The molecule has 1 N–H and O–H groups in total. The summed E-state index contributed by atoms with van der Waals surface area (Å²) in [7, 11) is 1.70. The Balaban J connectivity index is 1.72. The third kappa shape index (κ3) is 3.90. The summed E-state index contributed by atoms with van der Waals surface area (Å²) >= 11 is 3.36. The van der Waals surface area contributed by atoms with Gasteiger partial charge in [0.05, 0.1) is 0 Å². The lowest BCUT2D eigenvalue weighted by Gasteiger charge is -2.28. The van der Waals surface area contributed by atoms with Crippen molar-refractivity contribution in [2.45, 2.75) is 25.4 Å². The van der Waals surface area contributed by atoms with Gasteiger partial charge in [0.1, 0.15) is 11.8 Å². The molecule has 1 fully saturated rings. The number of para-hydroxylation sites is 1. The van der Waals surface area contributed by atoms with E-state index in [0.29, 0.717) is 30.6 Å². The third-order valence-electron chi connectivity index (χ3n) is 4.67. The summed E-state index contributed by atoms with van der Waals surface area (Å²) in [6, 6.07) is 13.7. The fourth-order valence-electron chi connectivity index (χ4n) is 3.26. The minimum Gasteiger partial charge on any atom is -0.508 e. The maximum Gasteiger partial charge on any atom is 0.254 e. The van der Waals surface area contributed by atoms with E-state index in [9.17, 15) is 14.7 Å². The molecule has 0 aliphatic carbocycles. The van der Waals surface area contributed by atoms with Crippen molar-refractivity contribution in [3.8, 4) is 5.75 Å². The number of benzene rings is 2. The number of likely N-dealkylation sites (tertiary alicyclic amines) is 1. The lowest BCUT2D eigenvalue weighted by Crippen LogP contribution is -2.46. The van der Waals surface area contributed by atoms with Crippen LogP contribution in [0.25, 0.3) is 0 Å². The van der Waals surface area contributed by atoms with Gasteiger partial charge in [0.2, 0.25) is 5.91 Å². The number of amides is 2. The summed E-state index contributed by atoms with van der Waals surface area (Å²) in [5, 5.41) is 9.91. The SMILES string of the molecule is CN(Cc1ccccc1O)C(=O)C1CCCN1C(=O)c1ccc(Br)cc1. The maximum atomic E-state index is 12.9. The summed E-state index contributed by atoms with van der Waals surface area (Å²) < 4.78 is 0.908. The van der Waals surface area contributed by atoms with Crippen LogP contribution in [-0.4, -0.2) is 46.4 Å². The molecule has 5 nitrogen and oxygen atoms in total. The molecule has 26 heavy (non-hydrogen) atoms. The Labute approximate surface area is 161 Å². The van der Waals surface area contributed by atoms with Crippen molar-refractivity contribution in [2.75, 3.05) is 13.6 Å². The molecule has 1 unspecified atom stereocenters. The summed E-state index contributed by atoms with van der Waals surface area (Å²) in [5.41, 5.74) is 1.27. The molecular formula is C20H21BrN2O3. The van der Waals surface area contributed by atoms with Crippen LogP contribution < -0.4 is 0 Å². The van der Waals surface area contributed by atoms with Crippen LogP contribution in [0.15, 0.2) is 53.0 Å². The minimum absolute atomic E-state index is 0.101. The maximum absolute atomic E-state index is 12.9. The monoisotopic (exact) mass is 416 g/mol. The zero-order valence-corrected chi connectivity index (χ0v) is 16.1. The van der Waals surface area contributed by atoms with Gasteiger partial charge in [-0.3, -0.25) is 9.59 Å². The Hall–Kier alpha value is -2.34. The number of phenols is 1. The molecule has 0 spiro atoms. The van der Waals surface area contributed by atoms with Crippen LogP contribution in [-0.2, 0) is 11.3 Å². The van der Waals surface area contributed by atoms with Crippen LogP contribution in [0, 0.1) is 0 Å². The van der Waals surface area contributed by atoms with Gasteiger partial charge in [0, 0.05) is 35.7 Å². The molecule has 0 bridgehead atoms. The second-order valence-electron chi connectivity index (χ2n) is 6.49. The van der Waals surface area contributed by atoms with Crippen LogP contribution >= 0.6 is 15.9 Å². The largest absolute Gasteiger partial charge is 0.508 e. The molecule has 3 rings (SSSR count). The third-order valence-corrected chi connectivity index (χ3v) is 5.19. The Morgan fingerprint density at radius 3 is 2.58 bits per heavy atom. The van der Waals surface area contributed by atoms with Crippen LogP contribution in [0.2, 0.25) is 0 Å². The van der Waals surface area contributed by atoms with E-state index >= 15 is 0 Å². The lowest BCUT2D eigenvalue weighted by atomic mass is 10.1. The second kappa shape index (κ2) is 7.91. The van der Waals surface area contributed by atoms with Gasteiger partial charge in [-0.2, -0.15) is 0 Å². The first-order valence-electron chi connectivity index (χ1n) is 8.56. The van der Waals surface area contributed by atoms with Crippen molar-refractivity contribution >= 4 is 27.7 Å². The van der Waals surface area contributed by atoms with Gasteiger partial charge in [-0.1, -0.05) is 34.1 Å². The van der Waals surface area contributed by atoms with Crippen LogP contribution in [0.4, 0.5) is 0 Å². The molecule has 1 saturated heterocycles. The number of nitrogens with zero attached hydrogens (tertiary/aromatic N) is 2. The fourth-order valence-corrected chi connectivity index (χ4v) is 3.52. The average molecular weight is 417 g/mol. The van der Waals surface area contributed by atoms with Crippen molar-refractivity contribution in [2.24, 2.45) is 0 Å². The first-order valence-corrected chi connectivity index (χ1v) is 9.35. The average Bonchev–Trinajstić information content (AvgIpc) is 3.12. The normalized spacial score (nSPS) is 16.5. The van der Waals surface area contributed by atoms with Gasteiger partial charge in [-0.25, -0.2) is 0 Å². The predicted octanol–water partition coefficient (Wildman–Crippen LogP) is 3.42. The highest BCUT2D eigenvalue weighted by atomic mass is 79.9. The van der Waals surface area contributed by atoms with E-state index in [0.717, 1.165) is 10.9 Å². The molecule has 2 amide bonds. The van der Waals surface area contributed by atoms with Crippen molar-refractivity contribution < 1.29 is 14.7 Å². The molecule has 0 saturated carbocycles. The number of carbonyl (C=O) groups is 2. The molecule has 1 heterocycles. The van der Waals surface area contributed by atoms with E-state index in [2.05, 4.69) is 15.9 Å². The van der Waals surface area contributed by atoms with Crippen molar-refractivity contribution in [1.29, 1.82) is 0 Å². The Morgan fingerprint density at radius 2 is 1.88 bits per heavy atom. The topological polar surface area (TPSA) is 60.9 Å². The highest BCUT2D eigenvalue weighted by molar-refractivity contribution is 9.10. The van der Waals surface area contributed by atoms with E-state index in [4.69, 9.17) is 0 Å². The number of hydrogen-bond donors (Lipinski definition) is 1. The summed E-state index contributed by atoms with van der Waals surface area (Å²) in [6.07, 6.45) is 1.47. The number of likely N-dealkylation sites (N-methyl/N-ethyl adjacent to an activating group) is 1. The molecule has 0 radical (unpaired) electrons. The molecule has 2 aromatic rings. The molecule has 1 aliphatic rings. The van der Waals surface area contributed by atoms with E-state index in [-0.39, 0.29) is 17.6 Å². The van der Waals surface area contributed by atoms with E-state index in [1.54, 1.807) is 47.2 Å². The van der Waals surface area contributed by atoms with E-state index in [1.165, 1.54) is 0 Å². The predicted molar refractivity (Wildman–Crippen MR) is 103 cm³/mol. The fraction of sp³-hybridized carbons (Fsp3) is 0.300. The number of halogens is 1. The summed E-state index contributed by atoms with van der Waals surface area (Å²) in [6.45, 7) is 0.887. The molecule has 2 aromatic carbocycles. The van der Waals surface area contributed by atoms with Gasteiger partial charge in [-0.15, -0.1) is 0 Å².